The number of ether oxygens (including phenoxy) is 3. The highest BCUT2D eigenvalue weighted by molar-refractivity contribution is 7.93. The third kappa shape index (κ3) is 3.95. The highest BCUT2D eigenvalue weighted by Crippen LogP contribution is 2.40. The lowest BCUT2D eigenvalue weighted by molar-refractivity contribution is 0.0526. The van der Waals surface area contributed by atoms with Gasteiger partial charge in [0, 0.05) is 10.9 Å². The van der Waals surface area contributed by atoms with Gasteiger partial charge in [0.1, 0.15) is 21.4 Å². The van der Waals surface area contributed by atoms with Gasteiger partial charge < -0.3 is 14.2 Å². The van der Waals surface area contributed by atoms with Gasteiger partial charge >= 0.3 is 5.97 Å². The molecule has 0 bridgehead atoms. The minimum atomic E-state index is -4.01. The zero-order chi connectivity index (χ0) is 20.3. The van der Waals surface area contributed by atoms with Crippen molar-refractivity contribution in [2.75, 3.05) is 25.5 Å². The summed E-state index contributed by atoms with van der Waals surface area (Å²) in [6, 6.07) is 4.53. The first-order valence-corrected chi connectivity index (χ1v) is 11.3. The number of esters is 1. The summed E-state index contributed by atoms with van der Waals surface area (Å²) in [5.41, 5.74) is 1.22. The summed E-state index contributed by atoms with van der Waals surface area (Å²) < 4.78 is 44.3. The van der Waals surface area contributed by atoms with Gasteiger partial charge in [-0.1, -0.05) is 0 Å². The fourth-order valence-electron chi connectivity index (χ4n) is 3.23. The van der Waals surface area contributed by atoms with Crippen molar-refractivity contribution in [3.63, 3.8) is 0 Å². The molecule has 0 spiro atoms. The molecule has 1 N–H and O–H groups in total. The van der Waals surface area contributed by atoms with Gasteiger partial charge in [0.2, 0.25) is 0 Å². The van der Waals surface area contributed by atoms with Crippen molar-refractivity contribution in [2.24, 2.45) is 0 Å². The van der Waals surface area contributed by atoms with E-state index < -0.39 is 16.0 Å². The highest BCUT2D eigenvalue weighted by Gasteiger charge is 2.30. The first-order valence-electron chi connectivity index (χ1n) is 8.97. The molecule has 0 atom stereocenters. The average molecular weight is 426 g/mol. The van der Waals surface area contributed by atoms with Crippen molar-refractivity contribution in [2.45, 2.75) is 37.5 Å². The minimum Gasteiger partial charge on any atom is -0.497 e. The Balaban J connectivity index is 2.06. The molecule has 0 unspecified atom stereocenters. The fraction of sp³-hybridized carbons (Fsp3) is 0.421. The third-order valence-corrected chi connectivity index (χ3v) is 7.25. The number of nitrogens with one attached hydrogen (secondary N) is 1. The Kier molecular flexibility index (Phi) is 6.14. The van der Waals surface area contributed by atoms with E-state index in [-0.39, 0.29) is 22.3 Å². The fourth-order valence-corrected chi connectivity index (χ4v) is 6.00. The lowest BCUT2D eigenvalue weighted by atomic mass is 9.95. The van der Waals surface area contributed by atoms with Crippen LogP contribution in [0.2, 0.25) is 0 Å². The minimum absolute atomic E-state index is 0.0597. The van der Waals surface area contributed by atoms with Gasteiger partial charge in [0.15, 0.2) is 0 Å². The van der Waals surface area contributed by atoms with Crippen molar-refractivity contribution in [1.29, 1.82) is 0 Å². The number of anilines is 1. The first kappa shape index (κ1) is 20.5. The van der Waals surface area contributed by atoms with E-state index in [1.54, 1.807) is 13.0 Å². The summed E-state index contributed by atoms with van der Waals surface area (Å²) in [6.45, 7) is 1.95. The number of rotatable bonds is 7. The van der Waals surface area contributed by atoms with E-state index in [1.807, 2.05) is 0 Å². The summed E-state index contributed by atoms with van der Waals surface area (Å²) in [6.07, 6.45) is 3.55. The molecule has 1 aliphatic carbocycles. The smallest absolute Gasteiger partial charge is 0.341 e. The topological polar surface area (TPSA) is 90.9 Å². The van der Waals surface area contributed by atoms with Crippen molar-refractivity contribution in [1.82, 2.24) is 0 Å². The normalized spacial score (nSPS) is 13.5. The average Bonchev–Trinajstić information content (AvgIpc) is 3.04. The van der Waals surface area contributed by atoms with E-state index in [2.05, 4.69) is 4.72 Å². The number of aryl methyl sites for hydroxylation is 1. The quantitative estimate of drug-likeness (QED) is 0.682. The molecule has 0 saturated heterocycles. The van der Waals surface area contributed by atoms with E-state index in [1.165, 1.54) is 37.7 Å². The Bertz CT molecular complexity index is 981. The molecular formula is C19H23NO6S2. The highest BCUT2D eigenvalue weighted by atomic mass is 32.2. The molecule has 1 heterocycles. The molecular weight excluding hydrogens is 402 g/mol. The number of hydrogen-bond donors (Lipinski definition) is 1. The molecule has 1 aromatic carbocycles. The van der Waals surface area contributed by atoms with E-state index in [0.29, 0.717) is 11.3 Å². The number of fused-ring (bicyclic) bond motifs is 1. The van der Waals surface area contributed by atoms with Gasteiger partial charge in [-0.2, -0.15) is 0 Å². The molecule has 1 aromatic heterocycles. The molecule has 3 rings (SSSR count). The van der Waals surface area contributed by atoms with Crippen molar-refractivity contribution >= 4 is 32.3 Å². The maximum atomic E-state index is 13.1. The van der Waals surface area contributed by atoms with Gasteiger partial charge in [-0.3, -0.25) is 4.72 Å². The summed E-state index contributed by atoms with van der Waals surface area (Å²) in [5.74, 6) is 0.0711. The summed E-state index contributed by atoms with van der Waals surface area (Å²) in [4.78, 5) is 13.5. The summed E-state index contributed by atoms with van der Waals surface area (Å²) in [5, 5.41) is 0.287. The largest absolute Gasteiger partial charge is 0.497 e. The Hall–Kier alpha value is -2.26. The van der Waals surface area contributed by atoms with E-state index in [9.17, 15) is 13.2 Å². The maximum absolute atomic E-state index is 13.1. The predicted octanol–water partition coefficient (Wildman–Crippen LogP) is 3.62. The maximum Gasteiger partial charge on any atom is 0.341 e. The van der Waals surface area contributed by atoms with E-state index in [0.717, 1.165) is 36.1 Å². The van der Waals surface area contributed by atoms with Gasteiger partial charge in [0.05, 0.1) is 26.4 Å². The van der Waals surface area contributed by atoms with E-state index >= 15 is 0 Å². The molecule has 9 heteroatoms. The van der Waals surface area contributed by atoms with Crippen LogP contribution in [0, 0.1) is 0 Å². The third-order valence-electron chi connectivity index (χ3n) is 4.54. The van der Waals surface area contributed by atoms with Crippen molar-refractivity contribution in [3.05, 3.63) is 34.2 Å². The first-order chi connectivity index (χ1) is 13.4. The summed E-state index contributed by atoms with van der Waals surface area (Å²) >= 11 is 1.30. The molecule has 2 aromatic rings. The summed E-state index contributed by atoms with van der Waals surface area (Å²) in [7, 11) is -1.16. The monoisotopic (exact) mass is 425 g/mol. The molecule has 1 aliphatic rings. The zero-order valence-electron chi connectivity index (χ0n) is 16.0. The number of carbonyl (C=O) groups is 1. The Labute approximate surface area is 168 Å². The number of methoxy groups -OCH3 is 2. The zero-order valence-corrected chi connectivity index (χ0v) is 17.7. The standard InChI is InChI=1S/C19H23NO6S2/c1-4-26-19(21)17-13-7-5-6-8-15(13)27-18(17)20-28(22,23)16-11-12(24-2)9-10-14(16)25-3/h9-11,20H,4-8H2,1-3H3. The lowest BCUT2D eigenvalue weighted by Crippen LogP contribution is -2.17. The van der Waals surface area contributed by atoms with Crippen LogP contribution in [0.25, 0.3) is 0 Å². The van der Waals surface area contributed by atoms with Crippen LogP contribution in [0.4, 0.5) is 5.00 Å². The van der Waals surface area contributed by atoms with Crippen molar-refractivity contribution < 1.29 is 27.4 Å². The van der Waals surface area contributed by atoms with E-state index in [4.69, 9.17) is 14.2 Å². The SMILES string of the molecule is CCOC(=O)c1c(NS(=O)(=O)c2cc(OC)ccc2OC)sc2c1CCCC2. The predicted molar refractivity (Wildman–Crippen MR) is 107 cm³/mol. The Morgan fingerprint density at radius 2 is 1.93 bits per heavy atom. The van der Waals surface area contributed by atoms with Gasteiger partial charge in [0.25, 0.3) is 10.0 Å². The molecule has 0 amide bonds. The van der Waals surface area contributed by atoms with Crippen LogP contribution in [-0.2, 0) is 27.6 Å². The van der Waals surface area contributed by atoms with Crippen LogP contribution in [0.15, 0.2) is 23.1 Å². The Morgan fingerprint density at radius 3 is 2.61 bits per heavy atom. The Morgan fingerprint density at radius 1 is 1.18 bits per heavy atom. The van der Waals surface area contributed by atoms with Crippen LogP contribution in [0.5, 0.6) is 11.5 Å². The molecule has 7 nitrogen and oxygen atoms in total. The van der Waals surface area contributed by atoms with Crippen LogP contribution >= 0.6 is 11.3 Å². The van der Waals surface area contributed by atoms with Crippen LogP contribution < -0.4 is 14.2 Å². The molecule has 28 heavy (non-hydrogen) atoms. The number of carbonyl (C=O) groups excluding carboxylic acids is 1. The number of thiophene rings is 1. The second kappa shape index (κ2) is 8.40. The molecule has 0 fully saturated rings. The second-order valence-electron chi connectivity index (χ2n) is 6.26. The van der Waals surface area contributed by atoms with Crippen LogP contribution in [-0.4, -0.2) is 35.2 Å². The van der Waals surface area contributed by atoms with Gasteiger partial charge in [-0.15, -0.1) is 11.3 Å². The number of sulfonamides is 1. The van der Waals surface area contributed by atoms with Crippen molar-refractivity contribution in [3.8, 4) is 11.5 Å². The molecule has 0 saturated carbocycles. The number of hydrogen-bond acceptors (Lipinski definition) is 7. The van der Waals surface area contributed by atoms with Crippen LogP contribution in [0.1, 0.15) is 40.6 Å². The number of benzene rings is 1. The molecule has 0 aliphatic heterocycles. The van der Waals surface area contributed by atoms with Crippen LogP contribution in [0.3, 0.4) is 0 Å². The molecule has 152 valence electrons. The molecule has 0 radical (unpaired) electrons. The second-order valence-corrected chi connectivity index (χ2v) is 9.01. The van der Waals surface area contributed by atoms with Gasteiger partial charge in [-0.25, -0.2) is 13.2 Å². The lowest BCUT2D eigenvalue weighted by Gasteiger charge is -2.14. The van der Waals surface area contributed by atoms with Gasteiger partial charge in [-0.05, 0) is 50.3 Å².